The van der Waals surface area contributed by atoms with Crippen LogP contribution in [0.25, 0.3) is 10.9 Å². The highest BCUT2D eigenvalue weighted by molar-refractivity contribution is 5.86. The predicted octanol–water partition coefficient (Wildman–Crippen LogP) is 3.47. The maximum atomic E-state index is 13.1. The van der Waals surface area contributed by atoms with Crippen LogP contribution in [0.1, 0.15) is 31.0 Å². The van der Waals surface area contributed by atoms with Gasteiger partial charge in [0.2, 0.25) is 0 Å². The van der Waals surface area contributed by atoms with Crippen molar-refractivity contribution in [2.24, 2.45) is 0 Å². The molecule has 6 heteroatoms. The molecule has 0 saturated carbocycles. The fourth-order valence-electron chi connectivity index (χ4n) is 2.22. The molecule has 2 atom stereocenters. The molecule has 1 aromatic carbocycles. The van der Waals surface area contributed by atoms with E-state index in [0.29, 0.717) is 5.52 Å². The van der Waals surface area contributed by atoms with Crippen LogP contribution in [-0.4, -0.2) is 15.8 Å². The minimum atomic E-state index is -4.59. The van der Waals surface area contributed by atoms with Crippen LogP contribution < -0.4 is 0 Å². The summed E-state index contributed by atoms with van der Waals surface area (Å²) in [7, 11) is 0. The van der Waals surface area contributed by atoms with Crippen LogP contribution in [0.5, 0.6) is 0 Å². The molecule has 2 unspecified atom stereocenters. The molecule has 20 heavy (non-hydrogen) atoms. The first-order valence-electron chi connectivity index (χ1n) is 6.06. The number of alkyl halides is 3. The number of hydrogen-bond acceptors (Lipinski definition) is 2. The number of aliphatic hydroxyl groups excluding tert-OH is 1. The van der Waals surface area contributed by atoms with E-state index in [9.17, 15) is 18.3 Å². The van der Waals surface area contributed by atoms with Crippen molar-refractivity contribution in [2.45, 2.75) is 32.2 Å². The number of aromatic nitrogens is 1. The lowest BCUT2D eigenvalue weighted by molar-refractivity contribution is -0.136. The average molecular weight is 282 g/mol. The first kappa shape index (κ1) is 14.4. The van der Waals surface area contributed by atoms with Crippen LogP contribution in [0.15, 0.2) is 24.4 Å². The number of benzene rings is 1. The average Bonchev–Trinajstić information content (AvgIpc) is 2.78. The Kier molecular flexibility index (Phi) is 3.48. The first-order valence-corrected chi connectivity index (χ1v) is 6.06. The molecule has 1 aromatic heterocycles. The van der Waals surface area contributed by atoms with Gasteiger partial charge in [0.05, 0.1) is 29.3 Å². The van der Waals surface area contributed by atoms with E-state index in [0.717, 1.165) is 6.07 Å². The van der Waals surface area contributed by atoms with E-state index in [4.69, 9.17) is 5.26 Å². The molecule has 0 fully saturated rings. The van der Waals surface area contributed by atoms with Gasteiger partial charge in [-0.05, 0) is 32.0 Å². The third-order valence-electron chi connectivity index (χ3n) is 3.44. The smallest absolute Gasteiger partial charge is 0.391 e. The van der Waals surface area contributed by atoms with E-state index < -0.39 is 23.4 Å². The summed E-state index contributed by atoms with van der Waals surface area (Å²) in [5, 5.41) is 18.4. The minimum absolute atomic E-state index is 0.0240. The number of rotatable bonds is 2. The third kappa shape index (κ3) is 2.25. The van der Waals surface area contributed by atoms with Crippen molar-refractivity contribution in [3.05, 3.63) is 35.5 Å². The van der Waals surface area contributed by atoms with E-state index in [2.05, 4.69) is 0 Å². The summed E-state index contributed by atoms with van der Waals surface area (Å²) in [5.74, 6) is 0. The molecule has 3 nitrogen and oxygen atoms in total. The summed E-state index contributed by atoms with van der Waals surface area (Å²) in [6, 6.07) is 5.19. The zero-order chi connectivity index (χ0) is 15.1. The number of nitrogens with zero attached hydrogens (tertiary/aromatic N) is 2. The lowest BCUT2D eigenvalue weighted by atomic mass is 10.0. The van der Waals surface area contributed by atoms with Crippen molar-refractivity contribution in [3.63, 3.8) is 0 Å². The Hall–Kier alpha value is -2.00. The SMILES string of the molecule is CC(O)C(C)n1ccc2c(C(F)(F)F)c(C#N)ccc21. The maximum absolute atomic E-state index is 13.1. The molecule has 0 aliphatic carbocycles. The Bertz CT molecular complexity index is 680. The molecule has 0 aliphatic heterocycles. The number of fused-ring (bicyclic) bond motifs is 1. The van der Waals surface area contributed by atoms with Gasteiger partial charge in [-0.25, -0.2) is 0 Å². The highest BCUT2D eigenvalue weighted by atomic mass is 19.4. The van der Waals surface area contributed by atoms with Crippen molar-refractivity contribution >= 4 is 10.9 Å². The molecule has 0 amide bonds. The maximum Gasteiger partial charge on any atom is 0.418 e. The van der Waals surface area contributed by atoms with Gasteiger partial charge < -0.3 is 9.67 Å². The van der Waals surface area contributed by atoms with Crippen molar-refractivity contribution in [3.8, 4) is 6.07 Å². The predicted molar refractivity (Wildman–Crippen MR) is 68.0 cm³/mol. The topological polar surface area (TPSA) is 49.0 Å². The molecular formula is C14H13F3N2O. The van der Waals surface area contributed by atoms with Crippen LogP contribution in [-0.2, 0) is 6.18 Å². The molecule has 106 valence electrons. The summed E-state index contributed by atoms with van der Waals surface area (Å²) < 4.78 is 41.0. The summed E-state index contributed by atoms with van der Waals surface area (Å²) >= 11 is 0. The fourth-order valence-corrected chi connectivity index (χ4v) is 2.22. The Morgan fingerprint density at radius 1 is 1.25 bits per heavy atom. The van der Waals surface area contributed by atoms with Crippen LogP contribution in [0.3, 0.4) is 0 Å². The van der Waals surface area contributed by atoms with Gasteiger partial charge in [-0.3, -0.25) is 0 Å². The summed E-state index contributed by atoms with van der Waals surface area (Å²) in [6.45, 7) is 3.29. The van der Waals surface area contributed by atoms with Crippen molar-refractivity contribution in [1.29, 1.82) is 5.26 Å². The van der Waals surface area contributed by atoms with E-state index >= 15 is 0 Å². The molecule has 1 heterocycles. The Labute approximate surface area is 113 Å². The van der Waals surface area contributed by atoms with Gasteiger partial charge in [0.1, 0.15) is 0 Å². The molecule has 0 aliphatic rings. The van der Waals surface area contributed by atoms with Gasteiger partial charge in [-0.1, -0.05) is 0 Å². The first-order chi connectivity index (χ1) is 9.27. The second-order valence-electron chi connectivity index (χ2n) is 4.73. The van der Waals surface area contributed by atoms with Crippen LogP contribution in [0.4, 0.5) is 13.2 Å². The highest BCUT2D eigenvalue weighted by Crippen LogP contribution is 2.38. The van der Waals surface area contributed by atoms with Gasteiger partial charge in [-0.2, -0.15) is 18.4 Å². The van der Waals surface area contributed by atoms with E-state index in [1.165, 1.54) is 18.3 Å². The number of halogens is 3. The molecule has 0 radical (unpaired) electrons. The Morgan fingerprint density at radius 3 is 2.40 bits per heavy atom. The Morgan fingerprint density at radius 2 is 1.90 bits per heavy atom. The van der Waals surface area contributed by atoms with Crippen LogP contribution in [0.2, 0.25) is 0 Å². The molecular weight excluding hydrogens is 269 g/mol. The normalized spacial score (nSPS) is 15.1. The molecule has 0 spiro atoms. The largest absolute Gasteiger partial charge is 0.418 e. The van der Waals surface area contributed by atoms with Gasteiger partial charge in [0.15, 0.2) is 0 Å². The number of hydrogen-bond donors (Lipinski definition) is 1. The van der Waals surface area contributed by atoms with Crippen LogP contribution >= 0.6 is 0 Å². The van der Waals surface area contributed by atoms with Gasteiger partial charge in [0.25, 0.3) is 0 Å². The van der Waals surface area contributed by atoms with E-state index in [-0.39, 0.29) is 11.4 Å². The monoisotopic (exact) mass is 282 g/mol. The summed E-state index contributed by atoms with van der Waals surface area (Å²) in [5.41, 5.74) is -0.966. The second-order valence-corrected chi connectivity index (χ2v) is 4.73. The lowest BCUT2D eigenvalue weighted by Crippen LogP contribution is -2.17. The number of aliphatic hydroxyl groups is 1. The quantitative estimate of drug-likeness (QED) is 0.916. The van der Waals surface area contributed by atoms with Crippen LogP contribution in [0, 0.1) is 11.3 Å². The highest BCUT2D eigenvalue weighted by Gasteiger charge is 2.36. The van der Waals surface area contributed by atoms with Crippen molar-refractivity contribution < 1.29 is 18.3 Å². The fraction of sp³-hybridized carbons (Fsp3) is 0.357. The third-order valence-corrected chi connectivity index (χ3v) is 3.44. The minimum Gasteiger partial charge on any atom is -0.391 e. The van der Waals surface area contributed by atoms with Gasteiger partial charge in [-0.15, -0.1) is 0 Å². The second kappa shape index (κ2) is 4.84. The summed E-state index contributed by atoms with van der Waals surface area (Å²) in [6.07, 6.45) is -3.79. The van der Waals surface area contributed by atoms with Crippen molar-refractivity contribution in [1.82, 2.24) is 4.57 Å². The molecule has 0 bridgehead atoms. The molecule has 1 N–H and O–H groups in total. The van der Waals surface area contributed by atoms with Gasteiger partial charge >= 0.3 is 6.18 Å². The van der Waals surface area contributed by atoms with E-state index in [1.54, 1.807) is 24.5 Å². The zero-order valence-electron chi connectivity index (χ0n) is 10.9. The zero-order valence-corrected chi connectivity index (χ0v) is 10.9. The van der Waals surface area contributed by atoms with Gasteiger partial charge in [0, 0.05) is 17.1 Å². The Balaban J connectivity index is 2.76. The molecule has 2 rings (SSSR count). The molecule has 0 saturated heterocycles. The molecule has 2 aromatic rings. The van der Waals surface area contributed by atoms with E-state index in [1.807, 2.05) is 0 Å². The van der Waals surface area contributed by atoms with Crippen molar-refractivity contribution in [2.75, 3.05) is 0 Å². The summed E-state index contributed by atoms with van der Waals surface area (Å²) in [4.78, 5) is 0. The number of nitriles is 1. The lowest BCUT2D eigenvalue weighted by Gasteiger charge is -2.19. The standard InChI is InChI=1S/C14H13F3N2O/c1-8(9(2)20)19-6-5-11-12(19)4-3-10(7-18)13(11)14(15,16)17/h3-6,8-9,20H,1-2H3.